The van der Waals surface area contributed by atoms with Crippen molar-refractivity contribution in [3.8, 4) is 5.69 Å². The van der Waals surface area contributed by atoms with Gasteiger partial charge in [0.25, 0.3) is 5.91 Å². The topological polar surface area (TPSA) is 80.1 Å². The predicted molar refractivity (Wildman–Crippen MR) is 117 cm³/mol. The summed E-state index contributed by atoms with van der Waals surface area (Å²) in [6.45, 7) is 3.24. The Hall–Kier alpha value is -4.14. The van der Waals surface area contributed by atoms with Crippen LogP contribution in [-0.2, 0) is 4.79 Å². The molecule has 0 unspecified atom stereocenters. The molecule has 2 amide bonds. The van der Waals surface area contributed by atoms with Crippen LogP contribution in [0.25, 0.3) is 16.7 Å². The smallest absolute Gasteiger partial charge is 0.258 e. The number of halogens is 2. The maximum absolute atomic E-state index is 13.6. The number of rotatable bonds is 4. The summed E-state index contributed by atoms with van der Waals surface area (Å²) < 4.78 is 28.7. The van der Waals surface area contributed by atoms with E-state index < -0.39 is 11.6 Å². The number of carbonyl (C=O) groups is 2. The highest BCUT2D eigenvalue weighted by Crippen LogP contribution is 2.25. The molecule has 0 radical (unpaired) electrons. The lowest BCUT2D eigenvalue weighted by Gasteiger charge is -2.18. The average Bonchev–Trinajstić information content (AvgIpc) is 3.19. The first-order chi connectivity index (χ1) is 15.2. The van der Waals surface area contributed by atoms with E-state index >= 15 is 0 Å². The van der Waals surface area contributed by atoms with Crippen molar-refractivity contribution in [2.24, 2.45) is 0 Å². The fraction of sp³-hybridized carbons (Fsp3) is 0.130. The van der Waals surface area contributed by atoms with Gasteiger partial charge in [0.1, 0.15) is 12.1 Å². The molecule has 0 bridgehead atoms. The molecule has 32 heavy (non-hydrogen) atoms. The van der Waals surface area contributed by atoms with E-state index in [0.29, 0.717) is 28.1 Å². The molecule has 0 saturated heterocycles. The van der Waals surface area contributed by atoms with Crippen LogP contribution in [0.2, 0.25) is 0 Å². The van der Waals surface area contributed by atoms with Crippen LogP contribution in [0.4, 0.5) is 20.3 Å². The number of amides is 2. The van der Waals surface area contributed by atoms with Gasteiger partial charge in [-0.15, -0.1) is 0 Å². The molecule has 1 N–H and O–H groups in total. The van der Waals surface area contributed by atoms with Gasteiger partial charge in [0.05, 0.1) is 22.9 Å². The SMILES string of the molecule is CC(=O)Nc1ccc(-n2cnc3c(C)cc(C(=O)N(C)c4ccc(F)c(F)c4)cc32)cn1. The first-order valence-corrected chi connectivity index (χ1v) is 9.69. The van der Waals surface area contributed by atoms with Crippen LogP contribution in [0, 0.1) is 18.6 Å². The van der Waals surface area contributed by atoms with Crippen molar-refractivity contribution in [3.05, 3.63) is 77.8 Å². The fourth-order valence-electron chi connectivity index (χ4n) is 3.41. The number of pyridine rings is 1. The fourth-order valence-corrected chi connectivity index (χ4v) is 3.41. The number of imidazole rings is 1. The highest BCUT2D eigenvalue weighted by atomic mass is 19.2. The van der Waals surface area contributed by atoms with Gasteiger partial charge in [-0.1, -0.05) is 0 Å². The summed E-state index contributed by atoms with van der Waals surface area (Å²) in [4.78, 5) is 34.2. The Labute approximate surface area is 182 Å². The zero-order chi connectivity index (χ0) is 23.0. The third kappa shape index (κ3) is 3.92. The van der Waals surface area contributed by atoms with Crippen LogP contribution < -0.4 is 10.2 Å². The number of aromatic nitrogens is 3. The lowest BCUT2D eigenvalue weighted by Crippen LogP contribution is -2.26. The van der Waals surface area contributed by atoms with Crippen molar-refractivity contribution in [2.45, 2.75) is 13.8 Å². The van der Waals surface area contributed by atoms with Gasteiger partial charge in [0.15, 0.2) is 11.6 Å². The molecule has 162 valence electrons. The molecule has 4 aromatic rings. The van der Waals surface area contributed by atoms with Crippen molar-refractivity contribution < 1.29 is 18.4 Å². The molecule has 7 nitrogen and oxygen atoms in total. The molecular weight excluding hydrogens is 416 g/mol. The van der Waals surface area contributed by atoms with Crippen molar-refractivity contribution in [2.75, 3.05) is 17.3 Å². The number of aryl methyl sites for hydroxylation is 1. The Morgan fingerprint density at radius 2 is 1.81 bits per heavy atom. The Morgan fingerprint density at radius 1 is 1.03 bits per heavy atom. The number of fused-ring (bicyclic) bond motifs is 1. The third-order valence-electron chi connectivity index (χ3n) is 5.01. The monoisotopic (exact) mass is 435 g/mol. The van der Waals surface area contributed by atoms with Crippen LogP contribution in [0.15, 0.2) is 55.0 Å². The van der Waals surface area contributed by atoms with Gasteiger partial charge in [-0.25, -0.2) is 18.7 Å². The summed E-state index contributed by atoms with van der Waals surface area (Å²) in [5, 5.41) is 2.61. The van der Waals surface area contributed by atoms with Gasteiger partial charge in [0.2, 0.25) is 5.91 Å². The van der Waals surface area contributed by atoms with Gasteiger partial charge < -0.3 is 10.2 Å². The average molecular weight is 435 g/mol. The predicted octanol–water partition coefficient (Wildman–Crippen LogP) is 4.24. The first kappa shape index (κ1) is 21.1. The Bertz CT molecular complexity index is 1350. The second kappa shape index (κ2) is 8.18. The molecule has 0 aliphatic carbocycles. The van der Waals surface area contributed by atoms with E-state index in [9.17, 15) is 18.4 Å². The molecule has 0 saturated carbocycles. The standard InChI is InChI=1S/C23H19F2N5O2/c1-13-8-15(23(32)29(3)16-4-6-18(24)19(25)10-16)9-20-22(13)27-12-30(20)17-5-7-21(26-11-17)28-14(2)31/h4-12H,1-3H3,(H,26,28,31). The molecular formula is C23H19F2N5O2. The summed E-state index contributed by atoms with van der Waals surface area (Å²) in [6, 6.07) is 10.1. The summed E-state index contributed by atoms with van der Waals surface area (Å²) in [5.41, 5.74) is 3.47. The zero-order valence-electron chi connectivity index (χ0n) is 17.6. The van der Waals surface area contributed by atoms with Crippen molar-refractivity contribution in [1.82, 2.24) is 14.5 Å². The normalized spacial score (nSPS) is 10.9. The van der Waals surface area contributed by atoms with Crippen molar-refractivity contribution in [3.63, 3.8) is 0 Å². The number of carbonyl (C=O) groups excluding carboxylic acids is 2. The maximum atomic E-state index is 13.6. The molecule has 4 rings (SSSR count). The van der Waals surface area contributed by atoms with Crippen LogP contribution in [0.5, 0.6) is 0 Å². The van der Waals surface area contributed by atoms with E-state index in [4.69, 9.17) is 0 Å². The van der Waals surface area contributed by atoms with E-state index in [-0.39, 0.29) is 17.5 Å². The number of nitrogens with one attached hydrogen (secondary N) is 1. The summed E-state index contributed by atoms with van der Waals surface area (Å²) in [7, 11) is 1.50. The largest absolute Gasteiger partial charge is 0.311 e. The molecule has 2 heterocycles. The molecule has 0 aliphatic rings. The lowest BCUT2D eigenvalue weighted by molar-refractivity contribution is -0.114. The van der Waals surface area contributed by atoms with Crippen molar-refractivity contribution in [1.29, 1.82) is 0 Å². The zero-order valence-corrected chi connectivity index (χ0v) is 17.6. The second-order valence-corrected chi connectivity index (χ2v) is 7.32. The number of nitrogens with zero attached hydrogens (tertiary/aromatic N) is 4. The van der Waals surface area contributed by atoms with E-state index in [0.717, 1.165) is 17.7 Å². The highest BCUT2D eigenvalue weighted by molar-refractivity contribution is 6.07. The van der Waals surface area contributed by atoms with Crippen LogP contribution in [0.3, 0.4) is 0 Å². The van der Waals surface area contributed by atoms with E-state index in [1.165, 1.54) is 24.9 Å². The summed E-state index contributed by atoms with van der Waals surface area (Å²) >= 11 is 0. The van der Waals surface area contributed by atoms with Crippen LogP contribution in [-0.4, -0.2) is 33.4 Å². The van der Waals surface area contributed by atoms with Gasteiger partial charge in [0, 0.05) is 31.3 Å². The number of hydrogen-bond donors (Lipinski definition) is 1. The summed E-state index contributed by atoms with van der Waals surface area (Å²) in [6.07, 6.45) is 3.21. The lowest BCUT2D eigenvalue weighted by atomic mass is 10.1. The van der Waals surface area contributed by atoms with E-state index in [2.05, 4.69) is 15.3 Å². The molecule has 0 aliphatic heterocycles. The van der Waals surface area contributed by atoms with Gasteiger partial charge in [-0.3, -0.25) is 14.2 Å². The van der Waals surface area contributed by atoms with E-state index in [1.807, 2.05) is 6.92 Å². The molecule has 0 spiro atoms. The number of benzene rings is 2. The highest BCUT2D eigenvalue weighted by Gasteiger charge is 2.18. The van der Waals surface area contributed by atoms with Crippen molar-refractivity contribution >= 4 is 34.4 Å². The minimum Gasteiger partial charge on any atom is -0.311 e. The van der Waals surface area contributed by atoms with Crippen LogP contribution >= 0.6 is 0 Å². The minimum absolute atomic E-state index is 0.220. The summed E-state index contributed by atoms with van der Waals surface area (Å²) in [5.74, 6) is -2.18. The Kier molecular flexibility index (Phi) is 5.40. The van der Waals surface area contributed by atoms with Gasteiger partial charge >= 0.3 is 0 Å². The molecule has 2 aromatic carbocycles. The van der Waals surface area contributed by atoms with E-state index in [1.54, 1.807) is 41.4 Å². The number of anilines is 2. The molecule has 9 heteroatoms. The minimum atomic E-state index is -1.03. The first-order valence-electron chi connectivity index (χ1n) is 9.69. The van der Waals surface area contributed by atoms with Gasteiger partial charge in [-0.2, -0.15) is 0 Å². The van der Waals surface area contributed by atoms with Crippen LogP contribution in [0.1, 0.15) is 22.8 Å². The Morgan fingerprint density at radius 3 is 2.47 bits per heavy atom. The number of hydrogen-bond acceptors (Lipinski definition) is 4. The third-order valence-corrected chi connectivity index (χ3v) is 5.01. The maximum Gasteiger partial charge on any atom is 0.258 e. The molecule has 0 fully saturated rings. The molecule has 2 aromatic heterocycles. The van der Waals surface area contributed by atoms with Gasteiger partial charge in [-0.05, 0) is 48.9 Å². The quantitative estimate of drug-likeness (QED) is 0.520. The Balaban J connectivity index is 1.72. The second-order valence-electron chi connectivity index (χ2n) is 7.32. The molecule has 0 atom stereocenters.